The lowest BCUT2D eigenvalue weighted by Crippen LogP contribution is -2.33. The third-order valence-electron chi connectivity index (χ3n) is 3.84. The van der Waals surface area contributed by atoms with Crippen molar-refractivity contribution in [1.82, 2.24) is 30.0 Å². The van der Waals surface area contributed by atoms with E-state index >= 15 is 0 Å². The SMILES string of the molecule is CC(C)(C)OC(=O)N1Cc2nc(-c3n[nH]c4cc(Br)ncc34)[nH]c2C1. The van der Waals surface area contributed by atoms with Gasteiger partial charge in [0.1, 0.15) is 15.9 Å². The van der Waals surface area contributed by atoms with Crippen LogP contribution in [0.2, 0.25) is 0 Å². The van der Waals surface area contributed by atoms with Crippen LogP contribution in [0.4, 0.5) is 4.79 Å². The number of aromatic nitrogens is 5. The number of amides is 1. The van der Waals surface area contributed by atoms with Crippen molar-refractivity contribution in [2.45, 2.75) is 39.5 Å². The summed E-state index contributed by atoms with van der Waals surface area (Å²) in [7, 11) is 0. The van der Waals surface area contributed by atoms with E-state index in [1.165, 1.54) is 0 Å². The maximum absolute atomic E-state index is 12.2. The molecule has 4 rings (SSSR count). The van der Waals surface area contributed by atoms with E-state index in [2.05, 4.69) is 41.1 Å². The van der Waals surface area contributed by atoms with Gasteiger partial charge in [0, 0.05) is 11.6 Å². The van der Waals surface area contributed by atoms with Crippen LogP contribution in [0.1, 0.15) is 32.2 Å². The van der Waals surface area contributed by atoms with Crippen LogP contribution < -0.4 is 0 Å². The van der Waals surface area contributed by atoms with Crippen molar-refractivity contribution in [3.63, 3.8) is 0 Å². The minimum atomic E-state index is -0.513. The summed E-state index contributed by atoms with van der Waals surface area (Å²) in [6.45, 7) is 6.43. The topological polar surface area (TPSA) is 99.8 Å². The molecule has 0 aliphatic carbocycles. The van der Waals surface area contributed by atoms with Crippen molar-refractivity contribution >= 4 is 32.9 Å². The Kier molecular flexibility index (Phi) is 3.57. The maximum atomic E-state index is 12.2. The van der Waals surface area contributed by atoms with Gasteiger partial charge in [-0.25, -0.2) is 14.8 Å². The van der Waals surface area contributed by atoms with E-state index in [0.717, 1.165) is 26.9 Å². The summed E-state index contributed by atoms with van der Waals surface area (Å²) < 4.78 is 6.15. The van der Waals surface area contributed by atoms with Crippen molar-refractivity contribution in [1.29, 1.82) is 0 Å². The highest BCUT2D eigenvalue weighted by Crippen LogP contribution is 2.29. The monoisotopic (exact) mass is 404 g/mol. The van der Waals surface area contributed by atoms with Gasteiger partial charge in [0.2, 0.25) is 0 Å². The second kappa shape index (κ2) is 5.55. The fourth-order valence-electron chi connectivity index (χ4n) is 2.77. The minimum absolute atomic E-state index is 0.334. The molecule has 130 valence electrons. The molecule has 0 spiro atoms. The molecule has 0 radical (unpaired) electrons. The zero-order valence-corrected chi connectivity index (χ0v) is 15.6. The van der Waals surface area contributed by atoms with E-state index in [1.54, 1.807) is 11.1 Å². The molecule has 0 saturated carbocycles. The first-order valence-corrected chi connectivity index (χ1v) is 8.65. The number of halogens is 1. The van der Waals surface area contributed by atoms with Gasteiger partial charge in [-0.1, -0.05) is 0 Å². The summed E-state index contributed by atoms with van der Waals surface area (Å²) in [6.07, 6.45) is 1.42. The molecule has 2 N–H and O–H groups in total. The number of hydrogen-bond acceptors (Lipinski definition) is 5. The van der Waals surface area contributed by atoms with Crippen LogP contribution in [0.15, 0.2) is 16.9 Å². The lowest BCUT2D eigenvalue weighted by molar-refractivity contribution is 0.0239. The first-order valence-electron chi connectivity index (χ1n) is 7.86. The van der Waals surface area contributed by atoms with Gasteiger partial charge in [-0.2, -0.15) is 5.10 Å². The summed E-state index contributed by atoms with van der Waals surface area (Å²) in [5.41, 5.74) is 2.82. The van der Waals surface area contributed by atoms with Crippen molar-refractivity contribution in [3.05, 3.63) is 28.3 Å². The van der Waals surface area contributed by atoms with Crippen molar-refractivity contribution < 1.29 is 9.53 Å². The predicted octanol–water partition coefficient (Wildman–Crippen LogP) is 3.36. The Balaban J connectivity index is 1.58. The van der Waals surface area contributed by atoms with Gasteiger partial charge in [0.15, 0.2) is 5.82 Å². The van der Waals surface area contributed by atoms with Crippen LogP contribution in [0.25, 0.3) is 22.4 Å². The molecule has 0 aromatic carbocycles. The molecule has 0 atom stereocenters. The third kappa shape index (κ3) is 2.99. The van der Waals surface area contributed by atoms with Gasteiger partial charge < -0.3 is 9.72 Å². The fourth-order valence-corrected chi connectivity index (χ4v) is 3.10. The van der Waals surface area contributed by atoms with E-state index in [1.807, 2.05) is 26.8 Å². The number of carbonyl (C=O) groups is 1. The van der Waals surface area contributed by atoms with Crippen LogP contribution in [0.5, 0.6) is 0 Å². The normalized spacial score (nSPS) is 14.2. The largest absolute Gasteiger partial charge is 0.444 e. The zero-order chi connectivity index (χ0) is 17.8. The van der Waals surface area contributed by atoms with Gasteiger partial charge in [-0.15, -0.1) is 0 Å². The van der Waals surface area contributed by atoms with Gasteiger partial charge >= 0.3 is 6.09 Å². The molecule has 3 aromatic rings. The Bertz CT molecular complexity index is 947. The molecule has 3 aromatic heterocycles. The van der Waals surface area contributed by atoms with Gasteiger partial charge in [-0.3, -0.25) is 10.00 Å². The van der Waals surface area contributed by atoms with E-state index in [0.29, 0.717) is 24.6 Å². The van der Waals surface area contributed by atoms with Gasteiger partial charge in [0.05, 0.1) is 30.0 Å². The van der Waals surface area contributed by atoms with Crippen LogP contribution >= 0.6 is 15.9 Å². The smallest absolute Gasteiger partial charge is 0.410 e. The van der Waals surface area contributed by atoms with Crippen LogP contribution in [0, 0.1) is 0 Å². The van der Waals surface area contributed by atoms with Crippen LogP contribution in [-0.4, -0.2) is 41.7 Å². The Morgan fingerprint density at radius 2 is 2.16 bits per heavy atom. The number of carbonyl (C=O) groups excluding carboxylic acids is 1. The molecule has 25 heavy (non-hydrogen) atoms. The van der Waals surface area contributed by atoms with E-state index < -0.39 is 5.60 Å². The molecule has 1 aliphatic rings. The van der Waals surface area contributed by atoms with Gasteiger partial charge in [-0.05, 0) is 42.8 Å². The molecular weight excluding hydrogens is 388 g/mol. The first kappa shape index (κ1) is 16.1. The number of imidazole rings is 1. The second-order valence-corrected chi connectivity index (χ2v) is 7.78. The van der Waals surface area contributed by atoms with Crippen molar-refractivity contribution in [2.75, 3.05) is 0 Å². The van der Waals surface area contributed by atoms with Crippen LogP contribution in [0.3, 0.4) is 0 Å². The predicted molar refractivity (Wildman–Crippen MR) is 94.7 cm³/mol. The highest BCUT2D eigenvalue weighted by molar-refractivity contribution is 9.10. The summed E-state index contributed by atoms with van der Waals surface area (Å²) >= 11 is 3.34. The Morgan fingerprint density at radius 1 is 1.36 bits per heavy atom. The number of nitrogens with one attached hydrogen (secondary N) is 2. The molecule has 1 aliphatic heterocycles. The third-order valence-corrected chi connectivity index (χ3v) is 4.28. The summed E-state index contributed by atoms with van der Waals surface area (Å²) in [5, 5.41) is 8.21. The molecule has 0 bridgehead atoms. The standard InChI is InChI=1S/C16H17BrN6O2/c1-16(2,3)25-15(24)23-6-10-11(7-23)20-14(19-10)13-8-5-18-12(17)4-9(8)21-22-13/h4-5H,6-7H2,1-3H3,(H,19,20)(H,21,22). The Morgan fingerprint density at radius 3 is 2.88 bits per heavy atom. The molecule has 0 fully saturated rings. The van der Waals surface area contributed by atoms with Crippen molar-refractivity contribution in [2.24, 2.45) is 0 Å². The number of ether oxygens (including phenoxy) is 1. The number of aromatic amines is 2. The highest BCUT2D eigenvalue weighted by atomic mass is 79.9. The van der Waals surface area contributed by atoms with E-state index in [4.69, 9.17) is 4.74 Å². The zero-order valence-electron chi connectivity index (χ0n) is 14.1. The van der Waals surface area contributed by atoms with E-state index in [9.17, 15) is 4.79 Å². The lowest BCUT2D eigenvalue weighted by Gasteiger charge is -2.24. The number of rotatable bonds is 1. The van der Waals surface area contributed by atoms with E-state index in [-0.39, 0.29) is 6.09 Å². The number of nitrogens with zero attached hydrogens (tertiary/aromatic N) is 4. The number of pyridine rings is 1. The quantitative estimate of drug-likeness (QED) is 0.605. The molecule has 4 heterocycles. The van der Waals surface area contributed by atoms with Crippen molar-refractivity contribution in [3.8, 4) is 11.5 Å². The molecule has 0 unspecified atom stereocenters. The average Bonchev–Trinajstić information content (AvgIpc) is 3.15. The molecular formula is C16H17BrN6O2. The number of H-pyrrole nitrogens is 2. The summed E-state index contributed by atoms with van der Waals surface area (Å²) in [6, 6.07) is 1.87. The lowest BCUT2D eigenvalue weighted by atomic mass is 10.2. The molecule has 1 amide bonds. The molecule has 8 nitrogen and oxygen atoms in total. The average molecular weight is 405 g/mol. The summed E-state index contributed by atoms with van der Waals surface area (Å²) in [5.74, 6) is 0.671. The van der Waals surface area contributed by atoms with Crippen LogP contribution in [-0.2, 0) is 17.8 Å². The first-order chi connectivity index (χ1) is 11.8. The minimum Gasteiger partial charge on any atom is -0.444 e. The number of hydrogen-bond donors (Lipinski definition) is 2. The molecule has 9 heteroatoms. The fraction of sp³-hybridized carbons (Fsp3) is 0.375. The Labute approximate surface area is 152 Å². The molecule has 0 saturated heterocycles. The number of fused-ring (bicyclic) bond motifs is 2. The second-order valence-electron chi connectivity index (χ2n) is 6.97. The Hall–Kier alpha value is -2.42. The maximum Gasteiger partial charge on any atom is 0.410 e. The summed E-state index contributed by atoms with van der Waals surface area (Å²) in [4.78, 5) is 25.9. The highest BCUT2D eigenvalue weighted by Gasteiger charge is 2.31. The van der Waals surface area contributed by atoms with Gasteiger partial charge in [0.25, 0.3) is 0 Å².